The summed E-state index contributed by atoms with van der Waals surface area (Å²) in [7, 11) is 0. The van der Waals surface area contributed by atoms with Crippen molar-refractivity contribution in [2.24, 2.45) is 5.73 Å². The van der Waals surface area contributed by atoms with Crippen LogP contribution in [0, 0.1) is 0 Å². The van der Waals surface area contributed by atoms with Gasteiger partial charge < -0.3 is 10.5 Å². The molecule has 15 heavy (non-hydrogen) atoms. The molecule has 1 atom stereocenters. The molecule has 0 spiro atoms. The van der Waals surface area contributed by atoms with Crippen molar-refractivity contribution >= 4 is 0 Å². The van der Waals surface area contributed by atoms with Crippen molar-refractivity contribution < 1.29 is 4.74 Å². The number of rotatable bonds is 5. The third kappa shape index (κ3) is 2.52. The van der Waals surface area contributed by atoms with E-state index in [0.29, 0.717) is 11.6 Å². The maximum Gasteiger partial charge on any atom is 0.0702 e. The third-order valence-corrected chi connectivity index (χ3v) is 3.81. The molecule has 1 aliphatic carbocycles. The van der Waals surface area contributed by atoms with Crippen LogP contribution in [0.1, 0.15) is 39.0 Å². The van der Waals surface area contributed by atoms with Crippen LogP contribution in [0.4, 0.5) is 0 Å². The van der Waals surface area contributed by atoms with Gasteiger partial charge in [-0.25, -0.2) is 0 Å². The Kier molecular flexibility index (Phi) is 3.65. The lowest BCUT2D eigenvalue weighted by atomic mass is 10.0. The van der Waals surface area contributed by atoms with E-state index in [1.54, 1.807) is 0 Å². The predicted octanol–water partition coefficient (Wildman–Crippen LogP) is 1.37. The molecule has 0 radical (unpaired) electrons. The van der Waals surface area contributed by atoms with Gasteiger partial charge in [-0.2, -0.15) is 0 Å². The standard InChI is InChI=1S/C12H24N2O/c1-2-8-15-11-4-3-7-14(9-11)12(10-13)5-6-12/h11H,2-10,13H2,1H3. The zero-order valence-corrected chi connectivity index (χ0v) is 9.87. The molecule has 2 aliphatic rings. The maximum atomic E-state index is 5.86. The van der Waals surface area contributed by atoms with Crippen LogP contribution in [0.25, 0.3) is 0 Å². The van der Waals surface area contributed by atoms with Crippen LogP contribution in [0.15, 0.2) is 0 Å². The smallest absolute Gasteiger partial charge is 0.0702 e. The first kappa shape index (κ1) is 11.4. The lowest BCUT2D eigenvalue weighted by molar-refractivity contribution is -0.0157. The summed E-state index contributed by atoms with van der Waals surface area (Å²) < 4.78 is 5.85. The van der Waals surface area contributed by atoms with Crippen LogP contribution in [-0.2, 0) is 4.74 Å². The molecule has 1 saturated heterocycles. The Hall–Kier alpha value is -0.120. The van der Waals surface area contributed by atoms with Crippen LogP contribution in [0.3, 0.4) is 0 Å². The number of likely N-dealkylation sites (tertiary alicyclic amines) is 1. The molecule has 0 amide bonds. The van der Waals surface area contributed by atoms with Crippen LogP contribution in [0.2, 0.25) is 0 Å². The highest BCUT2D eigenvalue weighted by molar-refractivity contribution is 5.05. The van der Waals surface area contributed by atoms with E-state index in [0.717, 1.165) is 26.1 Å². The highest BCUT2D eigenvalue weighted by atomic mass is 16.5. The van der Waals surface area contributed by atoms with Gasteiger partial charge in [0.1, 0.15) is 0 Å². The van der Waals surface area contributed by atoms with Crippen molar-refractivity contribution in [1.82, 2.24) is 4.90 Å². The van der Waals surface area contributed by atoms with E-state index in [-0.39, 0.29) is 0 Å². The summed E-state index contributed by atoms with van der Waals surface area (Å²) in [5.41, 5.74) is 6.23. The summed E-state index contributed by atoms with van der Waals surface area (Å²) in [6.07, 6.45) is 6.68. The van der Waals surface area contributed by atoms with Crippen molar-refractivity contribution in [3.8, 4) is 0 Å². The second-order valence-corrected chi connectivity index (χ2v) is 5.01. The highest BCUT2D eigenvalue weighted by Gasteiger charge is 2.47. The average Bonchev–Trinajstić information content (AvgIpc) is 3.08. The predicted molar refractivity (Wildman–Crippen MR) is 61.9 cm³/mol. The molecule has 3 heteroatoms. The first-order valence-electron chi connectivity index (χ1n) is 6.37. The number of piperidine rings is 1. The Morgan fingerprint density at radius 2 is 2.27 bits per heavy atom. The minimum Gasteiger partial charge on any atom is -0.377 e. The fourth-order valence-electron chi connectivity index (χ4n) is 2.58. The Bertz CT molecular complexity index is 204. The zero-order chi connectivity index (χ0) is 10.7. The molecule has 0 aromatic rings. The quantitative estimate of drug-likeness (QED) is 0.748. The SMILES string of the molecule is CCCOC1CCCN(C2(CN)CC2)C1. The fraction of sp³-hybridized carbons (Fsp3) is 1.00. The van der Waals surface area contributed by atoms with Crippen molar-refractivity contribution in [3.63, 3.8) is 0 Å². The number of hydrogen-bond donors (Lipinski definition) is 1. The Morgan fingerprint density at radius 1 is 1.47 bits per heavy atom. The Balaban J connectivity index is 1.82. The Labute approximate surface area is 93.0 Å². The molecule has 2 N–H and O–H groups in total. The third-order valence-electron chi connectivity index (χ3n) is 3.81. The summed E-state index contributed by atoms with van der Waals surface area (Å²) in [6.45, 7) is 6.24. The molecule has 1 saturated carbocycles. The van der Waals surface area contributed by atoms with Crippen molar-refractivity contribution in [2.75, 3.05) is 26.2 Å². The van der Waals surface area contributed by atoms with Gasteiger partial charge in [0.15, 0.2) is 0 Å². The summed E-state index contributed by atoms with van der Waals surface area (Å²) >= 11 is 0. The number of nitrogens with zero attached hydrogens (tertiary/aromatic N) is 1. The summed E-state index contributed by atoms with van der Waals surface area (Å²) in [5, 5.41) is 0. The van der Waals surface area contributed by atoms with E-state index >= 15 is 0 Å². The van der Waals surface area contributed by atoms with Gasteiger partial charge in [-0.05, 0) is 38.6 Å². The molecule has 1 heterocycles. The van der Waals surface area contributed by atoms with E-state index in [9.17, 15) is 0 Å². The molecule has 2 rings (SSSR count). The van der Waals surface area contributed by atoms with Crippen LogP contribution in [-0.4, -0.2) is 42.8 Å². The van der Waals surface area contributed by atoms with Gasteiger partial charge in [0.2, 0.25) is 0 Å². The summed E-state index contributed by atoms with van der Waals surface area (Å²) in [5.74, 6) is 0. The van der Waals surface area contributed by atoms with Crippen molar-refractivity contribution in [1.29, 1.82) is 0 Å². The fourth-order valence-corrected chi connectivity index (χ4v) is 2.58. The van der Waals surface area contributed by atoms with Crippen molar-refractivity contribution in [3.05, 3.63) is 0 Å². The average molecular weight is 212 g/mol. The molecule has 1 aliphatic heterocycles. The van der Waals surface area contributed by atoms with E-state index in [2.05, 4.69) is 11.8 Å². The molecular formula is C12H24N2O. The number of hydrogen-bond acceptors (Lipinski definition) is 3. The minimum absolute atomic E-state index is 0.369. The largest absolute Gasteiger partial charge is 0.377 e. The molecular weight excluding hydrogens is 188 g/mol. The van der Waals surface area contributed by atoms with E-state index in [1.165, 1.54) is 32.2 Å². The van der Waals surface area contributed by atoms with Gasteiger partial charge in [0, 0.05) is 25.2 Å². The second kappa shape index (κ2) is 4.81. The lowest BCUT2D eigenvalue weighted by Gasteiger charge is -2.38. The highest BCUT2D eigenvalue weighted by Crippen LogP contribution is 2.42. The van der Waals surface area contributed by atoms with Gasteiger partial charge in [0.25, 0.3) is 0 Å². The topological polar surface area (TPSA) is 38.5 Å². The minimum atomic E-state index is 0.369. The lowest BCUT2D eigenvalue weighted by Crippen LogP contribution is -2.50. The molecule has 2 fully saturated rings. The van der Waals surface area contributed by atoms with Crippen LogP contribution in [0.5, 0.6) is 0 Å². The van der Waals surface area contributed by atoms with E-state index in [4.69, 9.17) is 10.5 Å². The molecule has 0 bridgehead atoms. The molecule has 88 valence electrons. The van der Waals surface area contributed by atoms with Gasteiger partial charge in [-0.3, -0.25) is 4.90 Å². The van der Waals surface area contributed by atoms with Gasteiger partial charge in [-0.15, -0.1) is 0 Å². The monoisotopic (exact) mass is 212 g/mol. The van der Waals surface area contributed by atoms with Gasteiger partial charge in [-0.1, -0.05) is 6.92 Å². The molecule has 0 aromatic carbocycles. The molecule has 3 nitrogen and oxygen atoms in total. The number of nitrogens with two attached hydrogens (primary N) is 1. The van der Waals surface area contributed by atoms with Gasteiger partial charge in [0.05, 0.1) is 6.10 Å². The van der Waals surface area contributed by atoms with Gasteiger partial charge >= 0.3 is 0 Å². The normalized spacial score (nSPS) is 30.4. The molecule has 0 aromatic heterocycles. The van der Waals surface area contributed by atoms with E-state index in [1.807, 2.05) is 0 Å². The maximum absolute atomic E-state index is 5.86. The summed E-state index contributed by atoms with van der Waals surface area (Å²) in [4.78, 5) is 2.58. The number of ether oxygens (including phenoxy) is 1. The molecule has 1 unspecified atom stereocenters. The Morgan fingerprint density at radius 3 is 2.87 bits per heavy atom. The van der Waals surface area contributed by atoms with Crippen LogP contribution >= 0.6 is 0 Å². The summed E-state index contributed by atoms with van der Waals surface area (Å²) in [6, 6.07) is 0. The first-order valence-corrected chi connectivity index (χ1v) is 6.37. The van der Waals surface area contributed by atoms with E-state index < -0.39 is 0 Å². The zero-order valence-electron chi connectivity index (χ0n) is 9.87. The first-order chi connectivity index (χ1) is 7.30. The van der Waals surface area contributed by atoms with Crippen LogP contribution < -0.4 is 5.73 Å². The second-order valence-electron chi connectivity index (χ2n) is 5.01. The van der Waals surface area contributed by atoms with Crippen molar-refractivity contribution in [2.45, 2.75) is 50.7 Å².